The Morgan fingerprint density at radius 1 is 1.24 bits per heavy atom. The van der Waals surface area contributed by atoms with Crippen molar-refractivity contribution < 1.29 is 13.3 Å². The van der Waals surface area contributed by atoms with Crippen LogP contribution in [-0.4, -0.2) is 21.1 Å². The van der Waals surface area contributed by atoms with E-state index in [9.17, 15) is 13.4 Å². The molecule has 1 heterocycles. The predicted octanol–water partition coefficient (Wildman–Crippen LogP) is 4.34. The maximum absolute atomic E-state index is 14.7. The Morgan fingerprint density at radius 3 is 2.59 bits per heavy atom. The number of benzene rings is 2. The number of aryl methyl sites for hydroxylation is 1. The third-order valence-corrected chi connectivity index (χ3v) is 7.47. The van der Waals surface area contributed by atoms with E-state index in [4.69, 9.17) is 10.00 Å². The van der Waals surface area contributed by atoms with Gasteiger partial charge < -0.3 is 10.1 Å². The molecule has 1 fully saturated rings. The third kappa shape index (κ3) is 4.68. The fourth-order valence-electron chi connectivity index (χ4n) is 3.83. The molecule has 0 amide bonds. The van der Waals surface area contributed by atoms with Crippen molar-refractivity contribution in [1.29, 1.82) is 5.26 Å². The first-order valence-corrected chi connectivity index (χ1v) is 12.1. The highest BCUT2D eigenvalue weighted by Gasteiger charge is 2.44. The first-order chi connectivity index (χ1) is 16.4. The topological polar surface area (TPSA) is 96.2 Å². The molecular formula is C25H25FN4O3S. The van der Waals surface area contributed by atoms with Crippen LogP contribution >= 0.6 is 0 Å². The van der Waals surface area contributed by atoms with Crippen LogP contribution in [-0.2, 0) is 24.5 Å². The number of nitriles is 1. The number of anilines is 3. The Balaban J connectivity index is 1.62. The summed E-state index contributed by atoms with van der Waals surface area (Å²) in [7, 11) is 1.47. The summed E-state index contributed by atoms with van der Waals surface area (Å²) in [5.74, 6) is 0.0938. The molecule has 9 heteroatoms. The molecule has 1 saturated carbocycles. The zero-order valence-electron chi connectivity index (χ0n) is 19.1. The highest BCUT2D eigenvalue weighted by Crippen LogP contribution is 2.46. The van der Waals surface area contributed by atoms with Crippen molar-refractivity contribution >= 4 is 28.2 Å². The molecule has 0 spiro atoms. The van der Waals surface area contributed by atoms with Crippen molar-refractivity contribution in [1.82, 2.24) is 4.57 Å². The lowest BCUT2D eigenvalue weighted by Crippen LogP contribution is -2.22. The van der Waals surface area contributed by atoms with Gasteiger partial charge in [-0.15, -0.1) is 0 Å². The average Bonchev–Trinajstić information content (AvgIpc) is 3.65. The Hall–Kier alpha value is -3.64. The minimum Gasteiger partial charge on any atom is -0.494 e. The maximum Gasteiger partial charge on any atom is 0.255 e. The molecule has 2 N–H and O–H groups in total. The van der Waals surface area contributed by atoms with Crippen LogP contribution in [0.2, 0.25) is 0 Å². The Morgan fingerprint density at radius 2 is 1.97 bits per heavy atom. The van der Waals surface area contributed by atoms with Gasteiger partial charge in [0.1, 0.15) is 28.3 Å². The molecular weight excluding hydrogens is 455 g/mol. The molecule has 0 saturated heterocycles. The highest BCUT2D eigenvalue weighted by molar-refractivity contribution is 7.87. The molecule has 176 valence electrons. The molecule has 1 aliphatic rings. The Bertz CT molecular complexity index is 1350. The van der Waals surface area contributed by atoms with Gasteiger partial charge in [-0.05, 0) is 48.2 Å². The van der Waals surface area contributed by atoms with Gasteiger partial charge in [-0.25, -0.2) is 8.60 Å². The molecule has 3 aromatic rings. The second-order valence-electron chi connectivity index (χ2n) is 8.14. The third-order valence-electron chi connectivity index (χ3n) is 6.00. The summed E-state index contributed by atoms with van der Waals surface area (Å²) in [6.07, 6.45) is 1.41. The number of halogens is 1. The monoisotopic (exact) mass is 480 g/mol. The zero-order valence-corrected chi connectivity index (χ0v) is 19.9. The number of methoxy groups -OCH3 is 1. The van der Waals surface area contributed by atoms with E-state index in [1.807, 2.05) is 19.1 Å². The lowest BCUT2D eigenvalue weighted by molar-refractivity contribution is 0.415. The summed E-state index contributed by atoms with van der Waals surface area (Å²) < 4.78 is 37.6. The molecule has 0 bridgehead atoms. The van der Waals surface area contributed by atoms with E-state index in [1.165, 1.54) is 23.8 Å². The van der Waals surface area contributed by atoms with E-state index >= 15 is 0 Å². The van der Waals surface area contributed by atoms with Crippen molar-refractivity contribution in [2.45, 2.75) is 30.9 Å². The Kier molecular flexibility index (Phi) is 6.70. The Labute approximate surface area is 199 Å². The number of ether oxygens (including phenoxy) is 1. The van der Waals surface area contributed by atoms with E-state index in [2.05, 4.69) is 16.1 Å². The lowest BCUT2D eigenvalue weighted by Gasteiger charge is -2.20. The van der Waals surface area contributed by atoms with Gasteiger partial charge in [0, 0.05) is 19.0 Å². The molecule has 34 heavy (non-hydrogen) atoms. The summed E-state index contributed by atoms with van der Waals surface area (Å²) >= 11 is 0. The summed E-state index contributed by atoms with van der Waals surface area (Å²) in [4.78, 5) is 12.5. The van der Waals surface area contributed by atoms with Gasteiger partial charge in [0.25, 0.3) is 5.56 Å². The fourth-order valence-corrected chi connectivity index (χ4v) is 5.22. The highest BCUT2D eigenvalue weighted by atomic mass is 32.2. The standard InChI is InChI=1S/C25H25FN4O3S/c1-4-15-7-10-20(19(26)11-15)28-25-24(21(33-3)13-23(31)30(25)2)29-34(32)22-12-18(22)17-8-5-16(14-27)6-9-17/h5-11,13,18,22,28-29H,4,12H2,1-3H3. The zero-order chi connectivity index (χ0) is 24.4. The molecule has 4 rings (SSSR count). The van der Waals surface area contributed by atoms with Gasteiger partial charge in [0.15, 0.2) is 5.75 Å². The smallest absolute Gasteiger partial charge is 0.255 e. The van der Waals surface area contributed by atoms with Crippen molar-refractivity contribution in [2.24, 2.45) is 7.05 Å². The van der Waals surface area contributed by atoms with Crippen LogP contribution in [0.1, 0.15) is 36.0 Å². The number of rotatable bonds is 8. The van der Waals surface area contributed by atoms with Crippen molar-refractivity contribution in [3.8, 4) is 11.8 Å². The van der Waals surface area contributed by atoms with Gasteiger partial charge in [0.2, 0.25) is 0 Å². The SMILES string of the molecule is CCc1ccc(Nc2c(NS(=O)C3CC3c3ccc(C#N)cc3)c(OC)cc(=O)n2C)c(F)c1. The molecule has 0 radical (unpaired) electrons. The molecule has 3 atom stereocenters. The van der Waals surface area contributed by atoms with Crippen LogP contribution in [0.15, 0.2) is 53.3 Å². The van der Waals surface area contributed by atoms with E-state index in [0.717, 1.165) is 17.5 Å². The normalized spacial score (nSPS) is 17.5. The van der Waals surface area contributed by atoms with Crippen LogP contribution in [0.4, 0.5) is 21.6 Å². The van der Waals surface area contributed by atoms with Crippen molar-refractivity contribution in [3.05, 3.63) is 81.4 Å². The summed E-state index contributed by atoms with van der Waals surface area (Å²) in [5.41, 5.74) is 2.59. The molecule has 0 aliphatic heterocycles. The number of aromatic nitrogens is 1. The number of pyridine rings is 1. The lowest BCUT2D eigenvalue weighted by atomic mass is 10.1. The second-order valence-corrected chi connectivity index (χ2v) is 9.54. The first kappa shape index (κ1) is 23.5. The molecule has 2 aromatic carbocycles. The van der Waals surface area contributed by atoms with Gasteiger partial charge in [-0.2, -0.15) is 5.26 Å². The minimum atomic E-state index is -1.50. The van der Waals surface area contributed by atoms with Crippen LogP contribution in [0.5, 0.6) is 5.75 Å². The molecule has 1 aromatic heterocycles. The molecule has 3 unspecified atom stereocenters. The summed E-state index contributed by atoms with van der Waals surface area (Å²) in [5, 5.41) is 11.8. The van der Waals surface area contributed by atoms with E-state index in [0.29, 0.717) is 17.7 Å². The largest absolute Gasteiger partial charge is 0.494 e. The summed E-state index contributed by atoms with van der Waals surface area (Å²) in [6.45, 7) is 1.94. The van der Waals surface area contributed by atoms with Crippen molar-refractivity contribution in [3.63, 3.8) is 0 Å². The number of nitrogens with one attached hydrogen (secondary N) is 2. The molecule has 7 nitrogen and oxygen atoms in total. The molecule has 1 aliphatic carbocycles. The van der Waals surface area contributed by atoms with Crippen LogP contribution < -0.4 is 20.3 Å². The number of nitrogens with zero attached hydrogens (tertiary/aromatic N) is 2. The van der Waals surface area contributed by atoms with Gasteiger partial charge >= 0.3 is 0 Å². The van der Waals surface area contributed by atoms with Crippen molar-refractivity contribution in [2.75, 3.05) is 17.1 Å². The van der Waals surface area contributed by atoms with Crippen LogP contribution in [0.25, 0.3) is 0 Å². The minimum absolute atomic E-state index is 0.0926. The van der Waals surface area contributed by atoms with Gasteiger partial charge in [-0.3, -0.25) is 14.1 Å². The average molecular weight is 481 g/mol. The maximum atomic E-state index is 14.7. The predicted molar refractivity (Wildman–Crippen MR) is 131 cm³/mol. The first-order valence-electron chi connectivity index (χ1n) is 10.9. The quantitative estimate of drug-likeness (QED) is 0.500. The number of hydrogen-bond acceptors (Lipinski definition) is 5. The van der Waals surface area contributed by atoms with E-state index < -0.39 is 16.8 Å². The number of hydrogen-bond donors (Lipinski definition) is 2. The summed E-state index contributed by atoms with van der Waals surface area (Å²) in [6, 6.07) is 15.5. The van der Waals surface area contributed by atoms with Gasteiger partial charge in [0.05, 0.1) is 29.7 Å². The van der Waals surface area contributed by atoms with E-state index in [1.54, 1.807) is 31.3 Å². The van der Waals surface area contributed by atoms with Gasteiger partial charge in [-0.1, -0.05) is 25.1 Å². The van der Waals surface area contributed by atoms with Crippen LogP contribution in [0.3, 0.4) is 0 Å². The van der Waals surface area contributed by atoms with E-state index in [-0.39, 0.29) is 34.0 Å². The van der Waals surface area contributed by atoms with Crippen LogP contribution in [0, 0.1) is 17.1 Å². The fraction of sp³-hybridized carbons (Fsp3) is 0.280. The second kappa shape index (κ2) is 9.69.